The Kier molecular flexibility index (Phi) is 6.48. The Bertz CT molecular complexity index is 971. The van der Waals surface area contributed by atoms with E-state index in [2.05, 4.69) is 26.2 Å². The molecule has 3 atom stereocenters. The lowest BCUT2D eigenvalue weighted by Gasteiger charge is -2.17. The zero-order valence-electron chi connectivity index (χ0n) is 15.4. The lowest BCUT2D eigenvalue weighted by molar-refractivity contribution is -0.121. The zero-order valence-corrected chi connectivity index (χ0v) is 16.9. The number of ether oxygens (including phenoxy) is 1. The maximum Gasteiger partial charge on any atom is 0.330 e. The summed E-state index contributed by atoms with van der Waals surface area (Å²) in [5, 5.41) is 13.0. The summed E-state index contributed by atoms with van der Waals surface area (Å²) < 4.78 is 7.91. The third-order valence-electron chi connectivity index (χ3n) is 4.75. The molecule has 1 aliphatic heterocycles. The Morgan fingerprint density at radius 1 is 1.36 bits per heavy atom. The van der Waals surface area contributed by atoms with E-state index in [4.69, 9.17) is 4.74 Å². The van der Waals surface area contributed by atoms with Crippen LogP contribution in [0.25, 0.3) is 0 Å². The number of aliphatic hydroxyl groups is 1. The molecule has 1 fully saturated rings. The van der Waals surface area contributed by atoms with Crippen molar-refractivity contribution in [1.29, 1.82) is 0 Å². The molecule has 9 heteroatoms. The van der Waals surface area contributed by atoms with Crippen LogP contribution in [0.1, 0.15) is 30.7 Å². The van der Waals surface area contributed by atoms with Crippen molar-refractivity contribution in [2.24, 2.45) is 0 Å². The van der Waals surface area contributed by atoms with Crippen LogP contribution in [-0.2, 0) is 22.4 Å². The molecule has 8 nitrogen and oxygen atoms in total. The summed E-state index contributed by atoms with van der Waals surface area (Å²) in [7, 11) is 0. The third-order valence-corrected chi connectivity index (χ3v) is 5.52. The number of nitrogens with one attached hydrogen (secondary N) is 2. The number of aryl methyl sites for hydroxylation is 1. The highest BCUT2D eigenvalue weighted by Crippen LogP contribution is 2.27. The molecule has 150 valence electrons. The van der Waals surface area contributed by atoms with E-state index >= 15 is 0 Å². The van der Waals surface area contributed by atoms with Crippen molar-refractivity contribution in [3.63, 3.8) is 0 Å². The van der Waals surface area contributed by atoms with Crippen LogP contribution >= 0.6 is 15.9 Å². The van der Waals surface area contributed by atoms with Crippen LogP contribution in [0.2, 0.25) is 0 Å². The Hall–Kier alpha value is -2.23. The molecule has 0 bridgehead atoms. The summed E-state index contributed by atoms with van der Waals surface area (Å²) in [6.45, 7) is 1.94. The minimum absolute atomic E-state index is 0.125. The van der Waals surface area contributed by atoms with Crippen LogP contribution in [-0.4, -0.2) is 39.3 Å². The normalized spacial score (nSPS) is 21.6. The highest BCUT2D eigenvalue weighted by Gasteiger charge is 2.35. The Morgan fingerprint density at radius 2 is 2.11 bits per heavy atom. The number of aliphatic hydroxyl groups excluding tert-OH is 1. The van der Waals surface area contributed by atoms with Gasteiger partial charge in [0.15, 0.2) is 0 Å². The van der Waals surface area contributed by atoms with Gasteiger partial charge in [0, 0.05) is 29.2 Å². The number of H-pyrrole nitrogens is 1. The monoisotopic (exact) mass is 451 g/mol. The summed E-state index contributed by atoms with van der Waals surface area (Å²) in [5.41, 5.74) is 0.316. The second kappa shape index (κ2) is 8.85. The molecule has 1 amide bonds. The molecule has 0 unspecified atom stereocenters. The fourth-order valence-electron chi connectivity index (χ4n) is 3.15. The van der Waals surface area contributed by atoms with Crippen LogP contribution in [0.4, 0.5) is 0 Å². The smallest absolute Gasteiger partial charge is 0.330 e. The highest BCUT2D eigenvalue weighted by atomic mass is 79.9. The Labute approximate surface area is 169 Å². The van der Waals surface area contributed by atoms with Gasteiger partial charge in [0.2, 0.25) is 5.91 Å². The molecule has 2 heterocycles. The number of halogens is 1. The molecule has 0 aliphatic carbocycles. The topological polar surface area (TPSA) is 113 Å². The summed E-state index contributed by atoms with van der Waals surface area (Å²) in [6, 6.07) is 7.45. The molecule has 1 aromatic heterocycles. The Morgan fingerprint density at radius 3 is 2.82 bits per heavy atom. The fourth-order valence-corrected chi connectivity index (χ4v) is 3.58. The first-order valence-corrected chi connectivity index (χ1v) is 9.86. The molecule has 0 spiro atoms. The molecular weight excluding hydrogens is 430 g/mol. The summed E-state index contributed by atoms with van der Waals surface area (Å²) in [5.74, 6) is -0.194. The fraction of sp³-hybridized carbons (Fsp3) is 0.421. The number of rotatable bonds is 6. The van der Waals surface area contributed by atoms with E-state index in [9.17, 15) is 19.5 Å². The molecular formula is C19H22BrN3O5. The number of hydrogen-bond acceptors (Lipinski definition) is 5. The molecule has 2 aromatic rings. The number of aromatic nitrogens is 2. The van der Waals surface area contributed by atoms with Gasteiger partial charge >= 0.3 is 5.69 Å². The van der Waals surface area contributed by atoms with E-state index in [0.717, 1.165) is 10.0 Å². The second-order valence-electron chi connectivity index (χ2n) is 6.68. The van der Waals surface area contributed by atoms with Gasteiger partial charge in [-0.2, -0.15) is 0 Å². The van der Waals surface area contributed by atoms with Crippen molar-refractivity contribution < 1.29 is 14.6 Å². The predicted molar refractivity (Wildman–Crippen MR) is 106 cm³/mol. The zero-order chi connectivity index (χ0) is 20.3. The van der Waals surface area contributed by atoms with E-state index in [1.807, 2.05) is 31.2 Å². The van der Waals surface area contributed by atoms with Crippen molar-refractivity contribution in [3.05, 3.63) is 66.9 Å². The molecule has 0 saturated carbocycles. The van der Waals surface area contributed by atoms with E-state index in [1.165, 1.54) is 10.8 Å². The number of aromatic amines is 1. The molecule has 1 aliphatic rings. The van der Waals surface area contributed by atoms with Crippen LogP contribution in [0.3, 0.4) is 0 Å². The average molecular weight is 452 g/mol. The van der Waals surface area contributed by atoms with Crippen molar-refractivity contribution in [1.82, 2.24) is 14.9 Å². The van der Waals surface area contributed by atoms with Gasteiger partial charge in [0.1, 0.15) is 12.3 Å². The number of carbonyl (C=O) groups excluding carboxylic acids is 1. The van der Waals surface area contributed by atoms with Gasteiger partial charge in [-0.05, 0) is 18.1 Å². The molecule has 0 radical (unpaired) electrons. The number of benzene rings is 1. The maximum atomic E-state index is 12.2. The van der Waals surface area contributed by atoms with Crippen LogP contribution in [0.15, 0.2) is 44.5 Å². The van der Waals surface area contributed by atoms with Gasteiger partial charge in [-0.25, -0.2) is 4.79 Å². The Balaban J connectivity index is 1.61. The second-order valence-corrected chi connectivity index (χ2v) is 7.53. The van der Waals surface area contributed by atoms with Gasteiger partial charge in [0.25, 0.3) is 5.56 Å². The first-order chi connectivity index (χ1) is 13.4. The van der Waals surface area contributed by atoms with Crippen LogP contribution in [0.5, 0.6) is 0 Å². The highest BCUT2D eigenvalue weighted by molar-refractivity contribution is 9.10. The summed E-state index contributed by atoms with van der Waals surface area (Å²) in [4.78, 5) is 38.2. The number of amides is 1. The van der Waals surface area contributed by atoms with Crippen LogP contribution < -0.4 is 16.6 Å². The standard InChI is InChI=1S/C19H22BrN3O5/c1-2-11-10-23(19(27)22-18(11)26)17-8-14(24)15(28-17)9-21-16(25)7-12-5-3-4-6-13(12)20/h3-6,10,14-15,17,24H,2,7-9H2,1H3,(H,21,25)(H,22,26,27)/t14-,15+,17+/m0/s1. The largest absolute Gasteiger partial charge is 0.390 e. The lowest BCUT2D eigenvalue weighted by Crippen LogP contribution is -2.38. The molecule has 1 saturated heterocycles. The number of nitrogens with zero attached hydrogens (tertiary/aromatic N) is 1. The van der Waals surface area contributed by atoms with Gasteiger partial charge in [-0.3, -0.25) is 19.1 Å². The molecule has 3 rings (SSSR count). The van der Waals surface area contributed by atoms with Crippen molar-refractivity contribution in [3.8, 4) is 0 Å². The van der Waals surface area contributed by atoms with Gasteiger partial charge in [0.05, 0.1) is 12.5 Å². The number of carbonyl (C=O) groups is 1. The summed E-state index contributed by atoms with van der Waals surface area (Å²) in [6.07, 6.45) is 0.156. The van der Waals surface area contributed by atoms with Gasteiger partial charge < -0.3 is 15.2 Å². The van der Waals surface area contributed by atoms with Crippen LogP contribution in [0, 0.1) is 0 Å². The first-order valence-electron chi connectivity index (χ1n) is 9.07. The van der Waals surface area contributed by atoms with Crippen molar-refractivity contribution in [2.75, 3.05) is 6.54 Å². The van der Waals surface area contributed by atoms with Crippen molar-refractivity contribution in [2.45, 2.75) is 44.6 Å². The summed E-state index contributed by atoms with van der Waals surface area (Å²) >= 11 is 3.41. The third kappa shape index (κ3) is 4.60. The van der Waals surface area contributed by atoms with E-state index < -0.39 is 29.7 Å². The molecule has 1 aromatic carbocycles. The predicted octanol–water partition coefficient (Wildman–Crippen LogP) is 0.869. The van der Waals surface area contributed by atoms with E-state index in [1.54, 1.807) is 0 Å². The quantitative estimate of drug-likeness (QED) is 0.602. The SMILES string of the molecule is CCc1cn([C@H]2C[C@H](O)[C@@H](CNC(=O)Cc3ccccc3Br)O2)c(=O)[nH]c1=O. The van der Waals surface area contributed by atoms with E-state index in [0.29, 0.717) is 12.0 Å². The maximum absolute atomic E-state index is 12.2. The van der Waals surface area contributed by atoms with E-state index in [-0.39, 0.29) is 25.3 Å². The minimum atomic E-state index is -0.835. The molecule has 3 N–H and O–H groups in total. The van der Waals surface area contributed by atoms with Gasteiger partial charge in [-0.15, -0.1) is 0 Å². The lowest BCUT2D eigenvalue weighted by atomic mass is 10.1. The average Bonchev–Trinajstić information content (AvgIpc) is 3.02. The minimum Gasteiger partial charge on any atom is -0.390 e. The van der Waals surface area contributed by atoms with Crippen molar-refractivity contribution >= 4 is 21.8 Å². The number of hydrogen-bond donors (Lipinski definition) is 3. The van der Waals surface area contributed by atoms with Gasteiger partial charge in [-0.1, -0.05) is 41.1 Å². The molecule has 28 heavy (non-hydrogen) atoms. The first kappa shape index (κ1) is 20.5.